The number of thioether (sulfide) groups is 1. The van der Waals surface area contributed by atoms with Gasteiger partial charge in [0.1, 0.15) is 0 Å². The van der Waals surface area contributed by atoms with Crippen molar-refractivity contribution in [3.8, 4) is 0 Å². The second-order valence-electron chi connectivity index (χ2n) is 3.93. The molecule has 0 atom stereocenters. The van der Waals surface area contributed by atoms with Gasteiger partial charge in [-0.2, -0.15) is 11.8 Å². The van der Waals surface area contributed by atoms with Crippen molar-refractivity contribution in [3.63, 3.8) is 0 Å². The molecule has 18 heavy (non-hydrogen) atoms. The third kappa shape index (κ3) is 3.58. The summed E-state index contributed by atoms with van der Waals surface area (Å²) in [6, 6.07) is 13.4. The summed E-state index contributed by atoms with van der Waals surface area (Å²) in [5.74, 6) is 1.70. The zero-order valence-corrected chi connectivity index (χ0v) is 12.0. The average Bonchev–Trinajstić information content (AvgIpc) is 2.36. The number of rotatable bonds is 4. The maximum atomic E-state index is 6.10. The summed E-state index contributed by atoms with van der Waals surface area (Å²) in [5.41, 5.74) is 8.90. The average molecular weight is 298 g/mol. The van der Waals surface area contributed by atoms with Crippen molar-refractivity contribution in [2.75, 3.05) is 5.73 Å². The standard InChI is InChI=1S/C14H13Cl2NS/c15-12-5-6-14(17)11(7-12)9-18-8-10-3-1-2-4-13(10)16/h1-7H,8-9,17H2. The fourth-order valence-corrected chi connectivity index (χ4v) is 3.11. The Labute approximate surface area is 121 Å². The van der Waals surface area contributed by atoms with E-state index >= 15 is 0 Å². The first-order chi connectivity index (χ1) is 8.66. The fourth-order valence-electron chi connectivity index (χ4n) is 1.59. The first kappa shape index (κ1) is 13.6. The second-order valence-corrected chi connectivity index (χ2v) is 5.76. The Bertz CT molecular complexity index is 543. The van der Waals surface area contributed by atoms with Crippen molar-refractivity contribution in [2.45, 2.75) is 11.5 Å². The minimum atomic E-state index is 0.720. The Morgan fingerprint density at radius 3 is 2.44 bits per heavy atom. The Morgan fingerprint density at radius 2 is 1.67 bits per heavy atom. The number of halogens is 2. The molecule has 2 aromatic carbocycles. The maximum absolute atomic E-state index is 6.10. The van der Waals surface area contributed by atoms with Gasteiger partial charge in [0.2, 0.25) is 0 Å². The second kappa shape index (κ2) is 6.37. The molecule has 2 rings (SSSR count). The van der Waals surface area contributed by atoms with Crippen LogP contribution in [0.1, 0.15) is 11.1 Å². The van der Waals surface area contributed by atoms with Gasteiger partial charge < -0.3 is 5.73 Å². The third-order valence-electron chi connectivity index (χ3n) is 2.58. The summed E-state index contributed by atoms with van der Waals surface area (Å²) < 4.78 is 0. The summed E-state index contributed by atoms with van der Waals surface area (Å²) >= 11 is 13.8. The Morgan fingerprint density at radius 1 is 0.944 bits per heavy atom. The quantitative estimate of drug-likeness (QED) is 0.803. The summed E-state index contributed by atoms with van der Waals surface area (Å²) in [4.78, 5) is 0. The zero-order chi connectivity index (χ0) is 13.0. The van der Waals surface area contributed by atoms with Crippen LogP contribution in [0, 0.1) is 0 Å². The zero-order valence-electron chi connectivity index (χ0n) is 9.70. The Hall–Kier alpha value is -0.830. The minimum Gasteiger partial charge on any atom is -0.398 e. The summed E-state index contributed by atoms with van der Waals surface area (Å²) in [6.45, 7) is 0. The highest BCUT2D eigenvalue weighted by Crippen LogP contribution is 2.26. The van der Waals surface area contributed by atoms with Crippen LogP contribution in [0.5, 0.6) is 0 Å². The lowest BCUT2D eigenvalue weighted by Crippen LogP contribution is -1.92. The van der Waals surface area contributed by atoms with E-state index in [4.69, 9.17) is 28.9 Å². The molecule has 0 aromatic heterocycles. The predicted molar refractivity (Wildman–Crippen MR) is 82.3 cm³/mol. The van der Waals surface area contributed by atoms with E-state index in [9.17, 15) is 0 Å². The van der Waals surface area contributed by atoms with Gasteiger partial charge in [-0.1, -0.05) is 41.4 Å². The van der Waals surface area contributed by atoms with Gasteiger partial charge >= 0.3 is 0 Å². The highest BCUT2D eigenvalue weighted by Gasteiger charge is 2.03. The number of nitrogen functional groups attached to an aromatic ring is 1. The van der Waals surface area contributed by atoms with Gasteiger partial charge in [0, 0.05) is 27.2 Å². The first-order valence-electron chi connectivity index (χ1n) is 5.52. The molecule has 4 heteroatoms. The van der Waals surface area contributed by atoms with Crippen LogP contribution >= 0.6 is 35.0 Å². The van der Waals surface area contributed by atoms with Gasteiger partial charge in [-0.3, -0.25) is 0 Å². The van der Waals surface area contributed by atoms with Gasteiger partial charge in [0.15, 0.2) is 0 Å². The van der Waals surface area contributed by atoms with Crippen LogP contribution in [-0.4, -0.2) is 0 Å². The predicted octanol–water partition coefficient (Wildman–Crippen LogP) is 5.01. The van der Waals surface area contributed by atoms with E-state index in [1.807, 2.05) is 36.4 Å². The fraction of sp³-hybridized carbons (Fsp3) is 0.143. The van der Waals surface area contributed by atoms with Gasteiger partial charge in [0.25, 0.3) is 0 Å². The molecule has 0 saturated carbocycles. The monoisotopic (exact) mass is 297 g/mol. The van der Waals surface area contributed by atoms with Gasteiger partial charge in [0.05, 0.1) is 0 Å². The molecule has 1 nitrogen and oxygen atoms in total. The van der Waals surface area contributed by atoms with E-state index in [-0.39, 0.29) is 0 Å². The molecule has 0 aliphatic carbocycles. The lowest BCUT2D eigenvalue weighted by molar-refractivity contribution is 1.37. The molecule has 2 N–H and O–H groups in total. The molecule has 0 radical (unpaired) electrons. The third-order valence-corrected chi connectivity index (χ3v) is 4.21. The first-order valence-corrected chi connectivity index (χ1v) is 7.43. The lowest BCUT2D eigenvalue weighted by Gasteiger charge is -2.07. The van der Waals surface area contributed by atoms with Crippen molar-refractivity contribution in [1.82, 2.24) is 0 Å². The summed E-state index contributed by atoms with van der Waals surface area (Å²) in [7, 11) is 0. The SMILES string of the molecule is Nc1ccc(Cl)cc1CSCc1ccccc1Cl. The van der Waals surface area contributed by atoms with Crippen LogP contribution in [0.15, 0.2) is 42.5 Å². The molecule has 0 heterocycles. The van der Waals surface area contributed by atoms with E-state index in [0.29, 0.717) is 0 Å². The van der Waals surface area contributed by atoms with Crippen molar-refractivity contribution >= 4 is 40.7 Å². The van der Waals surface area contributed by atoms with E-state index in [0.717, 1.165) is 38.4 Å². The molecule has 0 bridgehead atoms. The van der Waals surface area contributed by atoms with Crippen molar-refractivity contribution in [3.05, 3.63) is 63.6 Å². The molecular weight excluding hydrogens is 285 g/mol. The van der Waals surface area contributed by atoms with E-state index in [2.05, 4.69) is 0 Å². The maximum Gasteiger partial charge on any atom is 0.0446 e. The topological polar surface area (TPSA) is 26.0 Å². The molecule has 0 aliphatic rings. The van der Waals surface area contributed by atoms with Crippen LogP contribution in [0.25, 0.3) is 0 Å². The minimum absolute atomic E-state index is 0.720. The molecule has 0 aliphatic heterocycles. The largest absolute Gasteiger partial charge is 0.398 e. The van der Waals surface area contributed by atoms with Crippen molar-refractivity contribution in [1.29, 1.82) is 0 Å². The molecule has 94 valence electrons. The molecule has 0 amide bonds. The van der Waals surface area contributed by atoms with Gasteiger partial charge in [-0.05, 0) is 35.4 Å². The lowest BCUT2D eigenvalue weighted by atomic mass is 10.2. The van der Waals surface area contributed by atoms with Crippen LogP contribution in [-0.2, 0) is 11.5 Å². The molecule has 0 saturated heterocycles. The normalized spacial score (nSPS) is 10.6. The molecule has 0 unspecified atom stereocenters. The molecular formula is C14H13Cl2NS. The van der Waals surface area contributed by atoms with Gasteiger partial charge in [-0.25, -0.2) is 0 Å². The number of benzene rings is 2. The van der Waals surface area contributed by atoms with Crippen LogP contribution in [0.3, 0.4) is 0 Å². The van der Waals surface area contributed by atoms with Crippen molar-refractivity contribution in [2.24, 2.45) is 0 Å². The molecule has 0 fully saturated rings. The van der Waals surface area contributed by atoms with Crippen LogP contribution in [0.4, 0.5) is 5.69 Å². The highest BCUT2D eigenvalue weighted by molar-refractivity contribution is 7.97. The smallest absolute Gasteiger partial charge is 0.0446 e. The van der Waals surface area contributed by atoms with Gasteiger partial charge in [-0.15, -0.1) is 0 Å². The van der Waals surface area contributed by atoms with Crippen LogP contribution < -0.4 is 5.73 Å². The Kier molecular flexibility index (Phi) is 4.81. The van der Waals surface area contributed by atoms with E-state index in [1.165, 1.54) is 0 Å². The summed E-state index contributed by atoms with van der Waals surface area (Å²) in [6.07, 6.45) is 0. The Balaban J connectivity index is 1.96. The highest BCUT2D eigenvalue weighted by atomic mass is 35.5. The number of hydrogen-bond acceptors (Lipinski definition) is 2. The number of hydrogen-bond donors (Lipinski definition) is 1. The van der Waals surface area contributed by atoms with E-state index < -0.39 is 0 Å². The summed E-state index contributed by atoms with van der Waals surface area (Å²) in [5, 5.41) is 1.53. The number of nitrogens with two attached hydrogens (primary N) is 1. The molecule has 2 aromatic rings. The molecule has 0 spiro atoms. The van der Waals surface area contributed by atoms with Crippen molar-refractivity contribution < 1.29 is 0 Å². The number of anilines is 1. The van der Waals surface area contributed by atoms with E-state index in [1.54, 1.807) is 17.8 Å². The van der Waals surface area contributed by atoms with Crippen LogP contribution in [0.2, 0.25) is 10.0 Å².